The third kappa shape index (κ3) is 6.73. The maximum atomic E-state index is 13.0. The average molecular weight is 426 g/mol. The summed E-state index contributed by atoms with van der Waals surface area (Å²) in [5.41, 5.74) is 3.77. The van der Waals surface area contributed by atoms with Crippen LogP contribution < -0.4 is 0 Å². The molecule has 1 N–H and O–H groups in total. The maximum absolute atomic E-state index is 13.0. The molecule has 1 aliphatic carbocycles. The van der Waals surface area contributed by atoms with Crippen molar-refractivity contribution in [3.8, 4) is 0 Å². The lowest BCUT2D eigenvalue weighted by molar-refractivity contribution is -0.118. The number of aryl methyl sites for hydroxylation is 3. The van der Waals surface area contributed by atoms with Gasteiger partial charge in [0, 0.05) is 37.8 Å². The molecule has 1 heterocycles. The summed E-state index contributed by atoms with van der Waals surface area (Å²) in [5, 5.41) is 18.8. The largest absolute Gasteiger partial charge is 0.396 e. The van der Waals surface area contributed by atoms with E-state index in [1.165, 1.54) is 5.56 Å². The van der Waals surface area contributed by atoms with Crippen molar-refractivity contribution >= 4 is 5.78 Å². The number of carbonyl (C=O) groups excluding carboxylic acids is 1. The van der Waals surface area contributed by atoms with Gasteiger partial charge in [0.15, 0.2) is 0 Å². The van der Waals surface area contributed by atoms with Crippen LogP contribution in [0.1, 0.15) is 99.6 Å². The molecule has 2 aromatic rings. The number of benzene rings is 1. The fraction of sp³-hybridized carbons (Fsp3) is 0.654. The Hall–Kier alpha value is -2.01. The van der Waals surface area contributed by atoms with Gasteiger partial charge in [-0.2, -0.15) is 0 Å². The van der Waals surface area contributed by atoms with Gasteiger partial charge >= 0.3 is 0 Å². The van der Waals surface area contributed by atoms with Gasteiger partial charge in [-0.15, -0.1) is 10.2 Å². The van der Waals surface area contributed by atoms with E-state index in [0.717, 1.165) is 54.9 Å². The predicted octanol–water partition coefficient (Wildman–Crippen LogP) is 5.27. The minimum absolute atomic E-state index is 0.0540. The van der Waals surface area contributed by atoms with Gasteiger partial charge in [0.25, 0.3) is 0 Å². The van der Waals surface area contributed by atoms with Crippen LogP contribution in [0.15, 0.2) is 18.2 Å². The highest BCUT2D eigenvalue weighted by Gasteiger charge is 2.32. The summed E-state index contributed by atoms with van der Waals surface area (Å²) in [6.45, 7) is 11.0. The van der Waals surface area contributed by atoms with Crippen LogP contribution >= 0.6 is 0 Å². The van der Waals surface area contributed by atoms with Crippen molar-refractivity contribution in [2.45, 2.75) is 97.9 Å². The first-order chi connectivity index (χ1) is 14.7. The molecule has 0 amide bonds. The molecule has 5 heteroatoms. The molecule has 1 saturated carbocycles. The molecule has 5 nitrogen and oxygen atoms in total. The average Bonchev–Trinajstić information content (AvgIpc) is 3.42. The van der Waals surface area contributed by atoms with Gasteiger partial charge in [-0.25, -0.2) is 0 Å². The van der Waals surface area contributed by atoms with Gasteiger partial charge in [0.1, 0.15) is 17.4 Å². The number of hydrogen-bond donors (Lipinski definition) is 1. The van der Waals surface area contributed by atoms with E-state index in [1.54, 1.807) is 0 Å². The Morgan fingerprint density at radius 2 is 1.97 bits per heavy atom. The number of hydrogen-bond acceptors (Lipinski definition) is 4. The zero-order chi connectivity index (χ0) is 22.6. The predicted molar refractivity (Wildman–Crippen MR) is 124 cm³/mol. The van der Waals surface area contributed by atoms with Gasteiger partial charge in [0.2, 0.25) is 0 Å². The zero-order valence-electron chi connectivity index (χ0n) is 19.9. The molecule has 0 saturated heterocycles. The third-order valence-electron chi connectivity index (χ3n) is 6.23. The number of carbonyl (C=O) groups is 1. The van der Waals surface area contributed by atoms with Gasteiger partial charge in [-0.3, -0.25) is 4.79 Å². The first kappa shape index (κ1) is 23.6. The summed E-state index contributed by atoms with van der Waals surface area (Å²) < 4.78 is 2.30. The van der Waals surface area contributed by atoms with Gasteiger partial charge < -0.3 is 9.67 Å². The minimum Gasteiger partial charge on any atom is -0.396 e. The highest BCUT2D eigenvalue weighted by Crippen LogP contribution is 2.39. The van der Waals surface area contributed by atoms with E-state index < -0.39 is 0 Å². The Kier molecular flexibility index (Phi) is 7.68. The van der Waals surface area contributed by atoms with Gasteiger partial charge in [-0.05, 0) is 62.5 Å². The summed E-state index contributed by atoms with van der Waals surface area (Å²) in [6.07, 6.45) is 6.84. The lowest BCUT2D eigenvalue weighted by Gasteiger charge is -2.19. The van der Waals surface area contributed by atoms with Crippen molar-refractivity contribution in [3.05, 3.63) is 46.5 Å². The molecule has 170 valence electrons. The van der Waals surface area contributed by atoms with Crippen LogP contribution in [0, 0.1) is 19.3 Å². The van der Waals surface area contributed by atoms with Crippen molar-refractivity contribution in [1.29, 1.82) is 0 Å². The zero-order valence-corrected chi connectivity index (χ0v) is 19.9. The molecule has 0 aliphatic heterocycles. The molecule has 1 unspecified atom stereocenters. The van der Waals surface area contributed by atoms with E-state index in [9.17, 15) is 9.90 Å². The Labute approximate surface area is 187 Å². The standard InChI is InChI=1S/C26H39N3O2/c1-18-8-9-20(19(2)15-18)16-23(31)17-21(12-14-30)25-28-27-24(29(25)22-10-11-22)7-6-13-26(3,4)5/h8-9,15,21-22,30H,6-7,10-14,16-17H2,1-5H3. The quantitative estimate of drug-likeness (QED) is 0.533. The maximum Gasteiger partial charge on any atom is 0.138 e. The summed E-state index contributed by atoms with van der Waals surface area (Å²) >= 11 is 0. The Balaban J connectivity index is 1.73. The van der Waals surface area contributed by atoms with Crippen molar-refractivity contribution in [2.24, 2.45) is 5.41 Å². The second-order valence-corrected chi connectivity index (χ2v) is 10.5. The molecule has 1 aliphatic rings. The monoisotopic (exact) mass is 425 g/mol. The van der Waals surface area contributed by atoms with Crippen molar-refractivity contribution in [1.82, 2.24) is 14.8 Å². The first-order valence-corrected chi connectivity index (χ1v) is 11.8. The fourth-order valence-electron chi connectivity index (χ4n) is 4.38. The lowest BCUT2D eigenvalue weighted by atomic mass is 9.90. The highest BCUT2D eigenvalue weighted by molar-refractivity contribution is 5.82. The van der Waals surface area contributed by atoms with Crippen LogP contribution in [0.4, 0.5) is 0 Å². The number of aliphatic hydroxyl groups is 1. The van der Waals surface area contributed by atoms with E-state index in [1.807, 2.05) is 0 Å². The second kappa shape index (κ2) is 10.1. The second-order valence-electron chi connectivity index (χ2n) is 10.5. The third-order valence-corrected chi connectivity index (χ3v) is 6.23. The normalized spacial score (nSPS) is 15.3. The van der Waals surface area contributed by atoms with E-state index in [-0.39, 0.29) is 18.3 Å². The summed E-state index contributed by atoms with van der Waals surface area (Å²) in [7, 11) is 0. The van der Waals surface area contributed by atoms with Crippen LogP contribution in [0.25, 0.3) is 0 Å². The molecule has 1 fully saturated rings. The van der Waals surface area contributed by atoms with E-state index in [0.29, 0.717) is 30.7 Å². The molecule has 0 radical (unpaired) electrons. The minimum atomic E-state index is -0.0762. The highest BCUT2D eigenvalue weighted by atomic mass is 16.3. The molecule has 0 spiro atoms. The van der Waals surface area contributed by atoms with Gasteiger partial charge in [0.05, 0.1) is 0 Å². The molecule has 3 rings (SSSR count). The molecule has 1 aromatic carbocycles. The first-order valence-electron chi connectivity index (χ1n) is 11.8. The van der Waals surface area contributed by atoms with Crippen molar-refractivity contribution < 1.29 is 9.90 Å². The van der Waals surface area contributed by atoms with Gasteiger partial charge in [-0.1, -0.05) is 44.5 Å². The van der Waals surface area contributed by atoms with E-state index >= 15 is 0 Å². The van der Waals surface area contributed by atoms with Crippen molar-refractivity contribution in [2.75, 3.05) is 6.61 Å². The fourth-order valence-corrected chi connectivity index (χ4v) is 4.38. The van der Waals surface area contributed by atoms with Crippen LogP contribution in [0.5, 0.6) is 0 Å². The topological polar surface area (TPSA) is 68.0 Å². The molecule has 0 bridgehead atoms. The Bertz CT molecular complexity index is 891. The van der Waals surface area contributed by atoms with Crippen LogP contribution in [-0.4, -0.2) is 32.3 Å². The van der Waals surface area contributed by atoms with Crippen LogP contribution in [0.3, 0.4) is 0 Å². The van der Waals surface area contributed by atoms with E-state index in [4.69, 9.17) is 0 Å². The molecule has 1 aromatic heterocycles. The number of ketones is 1. The number of nitrogens with zero attached hydrogens (tertiary/aromatic N) is 3. The Morgan fingerprint density at radius 3 is 2.58 bits per heavy atom. The number of Topliss-reactive ketones (excluding diaryl/α,β-unsaturated/α-hetero) is 1. The number of rotatable bonds is 11. The molecule has 1 atom stereocenters. The number of aromatic nitrogens is 3. The van der Waals surface area contributed by atoms with Crippen LogP contribution in [-0.2, 0) is 17.6 Å². The number of aliphatic hydroxyl groups excluding tert-OH is 1. The summed E-state index contributed by atoms with van der Waals surface area (Å²) in [4.78, 5) is 13.0. The van der Waals surface area contributed by atoms with E-state index in [2.05, 4.69) is 67.6 Å². The smallest absolute Gasteiger partial charge is 0.138 e. The lowest BCUT2D eigenvalue weighted by Crippen LogP contribution is -2.17. The summed E-state index contributed by atoms with van der Waals surface area (Å²) in [6, 6.07) is 6.71. The molecular formula is C26H39N3O2. The van der Waals surface area contributed by atoms with Crippen LogP contribution in [0.2, 0.25) is 0 Å². The van der Waals surface area contributed by atoms with Crippen molar-refractivity contribution in [3.63, 3.8) is 0 Å². The Morgan fingerprint density at radius 1 is 1.23 bits per heavy atom. The molecule has 31 heavy (non-hydrogen) atoms. The summed E-state index contributed by atoms with van der Waals surface area (Å²) in [5.74, 6) is 2.07. The molecular weight excluding hydrogens is 386 g/mol. The SMILES string of the molecule is Cc1ccc(CC(=O)CC(CCO)c2nnc(CCCC(C)(C)C)n2C2CC2)c(C)c1.